The molecule has 0 aliphatic carbocycles. The van der Waals surface area contributed by atoms with E-state index in [1.165, 1.54) is 4.57 Å². The fourth-order valence-corrected chi connectivity index (χ4v) is 2.47. The topological polar surface area (TPSA) is 50.7 Å². The average molecular weight is 304 g/mol. The summed E-state index contributed by atoms with van der Waals surface area (Å²) in [5.41, 5.74) is 1.43. The Morgan fingerprint density at radius 3 is 2.95 bits per heavy atom. The van der Waals surface area contributed by atoms with Crippen LogP contribution in [0.15, 0.2) is 47.5 Å². The highest BCUT2D eigenvalue weighted by molar-refractivity contribution is 7.71. The highest BCUT2D eigenvalue weighted by Crippen LogP contribution is 2.14. The first-order valence-electron chi connectivity index (χ1n) is 5.96. The quantitative estimate of drug-likeness (QED) is 0.740. The number of pyridine rings is 1. The molecule has 0 radical (unpaired) electrons. The first-order chi connectivity index (χ1) is 9.65. The molecule has 2 heterocycles. The Kier molecular flexibility index (Phi) is 3.38. The number of nitrogens with zero attached hydrogens (tertiary/aromatic N) is 2. The Labute approximate surface area is 124 Å². The first kappa shape index (κ1) is 13.0. The van der Waals surface area contributed by atoms with Gasteiger partial charge >= 0.3 is 0 Å². The van der Waals surface area contributed by atoms with Crippen LogP contribution in [0, 0.1) is 4.77 Å². The van der Waals surface area contributed by atoms with E-state index in [1.807, 2.05) is 12.1 Å². The number of benzene rings is 1. The monoisotopic (exact) mass is 303 g/mol. The lowest BCUT2D eigenvalue weighted by atomic mass is 10.2. The van der Waals surface area contributed by atoms with Crippen molar-refractivity contribution in [1.82, 2.24) is 14.5 Å². The second-order valence-corrected chi connectivity index (χ2v) is 5.20. The van der Waals surface area contributed by atoms with Crippen molar-refractivity contribution >= 4 is 34.7 Å². The molecule has 1 aromatic carbocycles. The van der Waals surface area contributed by atoms with Crippen LogP contribution in [0.1, 0.15) is 5.56 Å². The lowest BCUT2D eigenvalue weighted by Gasteiger charge is -2.08. The molecule has 0 amide bonds. The summed E-state index contributed by atoms with van der Waals surface area (Å²) < 4.78 is 1.89. The third-order valence-electron chi connectivity index (χ3n) is 3.01. The number of halogens is 1. The average Bonchev–Trinajstić information content (AvgIpc) is 2.44. The van der Waals surface area contributed by atoms with Gasteiger partial charge in [-0.3, -0.25) is 14.3 Å². The number of fused-ring (bicyclic) bond motifs is 1. The fraction of sp³-hybridized carbons (Fsp3) is 0.0714. The lowest BCUT2D eigenvalue weighted by molar-refractivity contribution is 0.732. The van der Waals surface area contributed by atoms with Gasteiger partial charge in [0.05, 0.1) is 17.4 Å². The number of aromatic nitrogens is 3. The van der Waals surface area contributed by atoms with Gasteiger partial charge in [0.15, 0.2) is 4.77 Å². The lowest BCUT2D eigenvalue weighted by Crippen LogP contribution is -2.22. The number of nitrogens with one attached hydrogen (secondary N) is 1. The predicted molar refractivity (Wildman–Crippen MR) is 81.7 cm³/mol. The zero-order valence-electron chi connectivity index (χ0n) is 10.3. The molecule has 0 unspecified atom stereocenters. The van der Waals surface area contributed by atoms with Crippen molar-refractivity contribution < 1.29 is 0 Å². The minimum atomic E-state index is -0.135. The number of hydrogen-bond donors (Lipinski definition) is 1. The SMILES string of the molecule is O=c1c2ccc(Cl)cc2[nH]c(=S)n1Cc1cccnc1. The van der Waals surface area contributed by atoms with Crippen LogP contribution < -0.4 is 5.56 Å². The molecule has 0 bridgehead atoms. The van der Waals surface area contributed by atoms with Crippen LogP contribution in [0.3, 0.4) is 0 Å². The smallest absolute Gasteiger partial charge is 0.262 e. The van der Waals surface area contributed by atoms with E-state index in [4.69, 9.17) is 23.8 Å². The molecule has 0 spiro atoms. The third kappa shape index (κ3) is 2.37. The van der Waals surface area contributed by atoms with E-state index in [2.05, 4.69) is 9.97 Å². The summed E-state index contributed by atoms with van der Waals surface area (Å²) >= 11 is 11.2. The Morgan fingerprint density at radius 1 is 1.35 bits per heavy atom. The summed E-state index contributed by atoms with van der Waals surface area (Å²) in [7, 11) is 0. The molecular weight excluding hydrogens is 294 g/mol. The van der Waals surface area contributed by atoms with Crippen molar-refractivity contribution in [2.75, 3.05) is 0 Å². The number of hydrogen-bond acceptors (Lipinski definition) is 3. The summed E-state index contributed by atoms with van der Waals surface area (Å²) in [5, 5.41) is 1.12. The molecule has 0 saturated heterocycles. The van der Waals surface area contributed by atoms with Crippen molar-refractivity contribution in [3.8, 4) is 0 Å². The Balaban J connectivity index is 2.19. The first-order valence-corrected chi connectivity index (χ1v) is 6.75. The van der Waals surface area contributed by atoms with E-state index in [9.17, 15) is 4.79 Å². The number of rotatable bonds is 2. The largest absolute Gasteiger partial charge is 0.331 e. The van der Waals surface area contributed by atoms with Crippen LogP contribution in [-0.4, -0.2) is 14.5 Å². The molecule has 0 atom stereocenters. The predicted octanol–water partition coefficient (Wildman–Crippen LogP) is 3.16. The summed E-state index contributed by atoms with van der Waals surface area (Å²) in [4.78, 5) is 19.5. The molecule has 0 aliphatic rings. The highest BCUT2D eigenvalue weighted by atomic mass is 35.5. The van der Waals surface area contributed by atoms with Crippen molar-refractivity contribution in [2.45, 2.75) is 6.54 Å². The molecule has 3 aromatic rings. The van der Waals surface area contributed by atoms with E-state index in [0.29, 0.717) is 27.2 Å². The van der Waals surface area contributed by atoms with Gasteiger partial charge in [0.2, 0.25) is 0 Å². The van der Waals surface area contributed by atoms with E-state index in [-0.39, 0.29) is 5.56 Å². The molecule has 0 aliphatic heterocycles. The Hall–Kier alpha value is -1.98. The van der Waals surface area contributed by atoms with Crippen molar-refractivity contribution in [3.05, 3.63) is 68.4 Å². The molecule has 0 saturated carbocycles. The van der Waals surface area contributed by atoms with Gasteiger partial charge in [-0.15, -0.1) is 0 Å². The van der Waals surface area contributed by atoms with Gasteiger partial charge in [0.1, 0.15) is 0 Å². The minimum absolute atomic E-state index is 0.135. The van der Waals surface area contributed by atoms with Crippen molar-refractivity contribution in [1.29, 1.82) is 0 Å². The molecular formula is C14H10ClN3OS. The standard InChI is InChI=1S/C14H10ClN3OS/c15-10-3-4-11-12(6-10)17-14(20)18(13(11)19)8-9-2-1-5-16-7-9/h1-7H,8H2,(H,17,20). The van der Waals surface area contributed by atoms with Gasteiger partial charge in [-0.1, -0.05) is 17.7 Å². The summed E-state index contributed by atoms with van der Waals surface area (Å²) in [6.45, 7) is 0.389. The fourth-order valence-electron chi connectivity index (χ4n) is 2.04. The van der Waals surface area contributed by atoms with Gasteiger partial charge < -0.3 is 4.98 Å². The van der Waals surface area contributed by atoms with Crippen molar-refractivity contribution in [2.24, 2.45) is 0 Å². The van der Waals surface area contributed by atoms with E-state index in [0.717, 1.165) is 5.56 Å². The maximum atomic E-state index is 12.5. The summed E-state index contributed by atoms with van der Waals surface area (Å²) in [5.74, 6) is 0. The van der Waals surface area contributed by atoms with E-state index < -0.39 is 0 Å². The van der Waals surface area contributed by atoms with E-state index >= 15 is 0 Å². The van der Waals surface area contributed by atoms with Gasteiger partial charge in [-0.05, 0) is 42.0 Å². The molecule has 100 valence electrons. The molecule has 1 N–H and O–H groups in total. The molecule has 0 fully saturated rings. The molecule has 6 heteroatoms. The summed E-state index contributed by atoms with van der Waals surface area (Å²) in [6, 6.07) is 8.82. The molecule has 2 aromatic heterocycles. The summed E-state index contributed by atoms with van der Waals surface area (Å²) in [6.07, 6.45) is 3.41. The van der Waals surface area contributed by atoms with Gasteiger partial charge in [-0.2, -0.15) is 0 Å². The number of aromatic amines is 1. The van der Waals surface area contributed by atoms with Crippen LogP contribution in [0.25, 0.3) is 10.9 Å². The maximum Gasteiger partial charge on any atom is 0.262 e. The van der Waals surface area contributed by atoms with Crippen LogP contribution in [0.2, 0.25) is 5.02 Å². The van der Waals surface area contributed by atoms with Crippen LogP contribution in [-0.2, 0) is 6.54 Å². The van der Waals surface area contributed by atoms with E-state index in [1.54, 1.807) is 30.6 Å². The molecule has 20 heavy (non-hydrogen) atoms. The number of H-pyrrole nitrogens is 1. The van der Waals surface area contributed by atoms with Gasteiger partial charge in [0.25, 0.3) is 5.56 Å². The van der Waals surface area contributed by atoms with Crippen LogP contribution >= 0.6 is 23.8 Å². The minimum Gasteiger partial charge on any atom is -0.331 e. The van der Waals surface area contributed by atoms with Crippen LogP contribution in [0.5, 0.6) is 0 Å². The normalized spacial score (nSPS) is 10.8. The Bertz CT molecular complexity index is 886. The van der Waals surface area contributed by atoms with Gasteiger partial charge in [0, 0.05) is 17.4 Å². The maximum absolute atomic E-state index is 12.5. The molecule has 4 nitrogen and oxygen atoms in total. The Morgan fingerprint density at radius 2 is 2.20 bits per heavy atom. The zero-order valence-corrected chi connectivity index (χ0v) is 11.9. The third-order valence-corrected chi connectivity index (χ3v) is 3.56. The molecule has 3 rings (SSSR count). The van der Waals surface area contributed by atoms with Crippen molar-refractivity contribution in [3.63, 3.8) is 0 Å². The second-order valence-electron chi connectivity index (χ2n) is 4.37. The van der Waals surface area contributed by atoms with Crippen LogP contribution in [0.4, 0.5) is 0 Å². The highest BCUT2D eigenvalue weighted by Gasteiger charge is 2.06. The zero-order chi connectivity index (χ0) is 14.1. The second kappa shape index (κ2) is 5.19. The van der Waals surface area contributed by atoms with Gasteiger partial charge in [-0.25, -0.2) is 0 Å².